The molecule has 20 heavy (non-hydrogen) atoms. The highest BCUT2D eigenvalue weighted by atomic mass is 19.1. The summed E-state index contributed by atoms with van der Waals surface area (Å²) in [6.07, 6.45) is 0. The van der Waals surface area contributed by atoms with Crippen LogP contribution in [0.25, 0.3) is 0 Å². The third-order valence-corrected chi connectivity index (χ3v) is 3.06. The Kier molecular flexibility index (Phi) is 3.61. The average molecular weight is 275 g/mol. The maximum atomic E-state index is 13.4. The summed E-state index contributed by atoms with van der Waals surface area (Å²) in [7, 11) is 0. The van der Waals surface area contributed by atoms with Crippen molar-refractivity contribution in [3.05, 3.63) is 46.9 Å². The molecule has 0 unspecified atom stereocenters. The number of nitrogens with zero attached hydrogens (tertiary/aromatic N) is 1. The van der Waals surface area contributed by atoms with E-state index in [1.807, 2.05) is 20.8 Å². The monoisotopic (exact) mass is 275 g/mol. The summed E-state index contributed by atoms with van der Waals surface area (Å²) in [5.74, 6) is -0.341. The molecule has 5 heteroatoms. The Labute approximate surface area is 117 Å². The van der Waals surface area contributed by atoms with Crippen molar-refractivity contribution in [2.75, 3.05) is 5.32 Å². The van der Waals surface area contributed by atoms with Crippen LogP contribution in [-0.4, -0.2) is 16.1 Å². The average Bonchev–Trinajstić information content (AvgIpc) is 2.81. The van der Waals surface area contributed by atoms with Gasteiger partial charge in [0.2, 0.25) is 0 Å². The van der Waals surface area contributed by atoms with E-state index in [4.69, 9.17) is 0 Å². The molecule has 0 bridgehead atoms. The molecule has 2 rings (SSSR count). The molecule has 1 aromatic heterocycles. The van der Waals surface area contributed by atoms with Gasteiger partial charge in [-0.2, -0.15) is 5.10 Å². The number of nitrogens with one attached hydrogen (secondary N) is 2. The number of carbonyl (C=O) groups excluding carboxylic acids is 1. The first-order chi connectivity index (χ1) is 9.27. The lowest BCUT2D eigenvalue weighted by molar-refractivity contribution is 0.102. The van der Waals surface area contributed by atoms with Gasteiger partial charge in [0, 0.05) is 22.7 Å². The fraction of sp³-hybridized carbons (Fsp3) is 0.333. The number of carbonyl (C=O) groups is 1. The van der Waals surface area contributed by atoms with E-state index in [1.54, 1.807) is 25.1 Å². The van der Waals surface area contributed by atoms with E-state index in [0.717, 1.165) is 5.69 Å². The van der Waals surface area contributed by atoms with Crippen LogP contribution in [0.3, 0.4) is 0 Å². The summed E-state index contributed by atoms with van der Waals surface area (Å²) in [5.41, 5.74) is 1.62. The van der Waals surface area contributed by atoms with Gasteiger partial charge in [-0.1, -0.05) is 26.8 Å². The first kappa shape index (κ1) is 14.2. The molecule has 1 amide bonds. The number of benzene rings is 1. The van der Waals surface area contributed by atoms with Crippen molar-refractivity contribution in [1.82, 2.24) is 10.2 Å². The van der Waals surface area contributed by atoms with E-state index in [1.165, 1.54) is 6.07 Å². The van der Waals surface area contributed by atoms with Crippen molar-refractivity contribution in [2.24, 2.45) is 0 Å². The number of aryl methyl sites for hydroxylation is 1. The summed E-state index contributed by atoms with van der Waals surface area (Å²) < 4.78 is 13.4. The maximum Gasteiger partial charge on any atom is 0.256 e. The zero-order valence-electron chi connectivity index (χ0n) is 12.0. The van der Waals surface area contributed by atoms with E-state index in [2.05, 4.69) is 15.5 Å². The molecule has 0 saturated heterocycles. The normalized spacial score (nSPS) is 11.4. The number of hydrogen-bond donors (Lipinski definition) is 2. The number of aromatic amines is 1. The van der Waals surface area contributed by atoms with Crippen LogP contribution in [0, 0.1) is 12.7 Å². The largest absolute Gasteiger partial charge is 0.305 e. The van der Waals surface area contributed by atoms with Crippen molar-refractivity contribution in [3.8, 4) is 0 Å². The van der Waals surface area contributed by atoms with Crippen LogP contribution in [0.1, 0.15) is 42.4 Å². The highest BCUT2D eigenvalue weighted by molar-refractivity contribution is 6.03. The van der Waals surface area contributed by atoms with Crippen LogP contribution >= 0.6 is 0 Å². The van der Waals surface area contributed by atoms with E-state index in [0.29, 0.717) is 11.4 Å². The minimum atomic E-state index is -0.393. The zero-order chi connectivity index (χ0) is 14.9. The van der Waals surface area contributed by atoms with Crippen LogP contribution in [0.5, 0.6) is 0 Å². The molecular weight excluding hydrogens is 257 g/mol. The van der Waals surface area contributed by atoms with Gasteiger partial charge in [-0.3, -0.25) is 9.89 Å². The Morgan fingerprint density at radius 3 is 2.55 bits per heavy atom. The molecular formula is C15H18FN3O. The summed E-state index contributed by atoms with van der Waals surface area (Å²) in [6.45, 7) is 7.78. The van der Waals surface area contributed by atoms with Crippen molar-refractivity contribution >= 4 is 11.7 Å². The smallest absolute Gasteiger partial charge is 0.256 e. The molecule has 0 saturated carbocycles. The summed E-state index contributed by atoms with van der Waals surface area (Å²) >= 11 is 0. The first-order valence-electron chi connectivity index (χ1n) is 6.41. The Morgan fingerprint density at radius 2 is 2.00 bits per heavy atom. The molecule has 1 heterocycles. The van der Waals surface area contributed by atoms with Crippen molar-refractivity contribution in [2.45, 2.75) is 33.1 Å². The van der Waals surface area contributed by atoms with Crippen LogP contribution < -0.4 is 5.32 Å². The number of aromatic nitrogens is 2. The van der Waals surface area contributed by atoms with Crippen molar-refractivity contribution in [3.63, 3.8) is 0 Å². The number of rotatable bonds is 2. The van der Waals surface area contributed by atoms with Crippen LogP contribution in [0.15, 0.2) is 24.3 Å². The number of anilines is 1. The topological polar surface area (TPSA) is 57.8 Å². The number of halogens is 1. The second-order valence-corrected chi connectivity index (χ2v) is 5.83. The Balaban J connectivity index is 2.15. The minimum absolute atomic E-state index is 0.0774. The summed E-state index contributed by atoms with van der Waals surface area (Å²) in [4.78, 5) is 12.0. The SMILES string of the molecule is Cc1ccc(C(=O)Nc2cc(C(C)(C)C)[nH]n2)cc1F. The van der Waals surface area contributed by atoms with E-state index < -0.39 is 5.82 Å². The quantitative estimate of drug-likeness (QED) is 0.882. The zero-order valence-corrected chi connectivity index (χ0v) is 12.0. The molecule has 0 aliphatic carbocycles. The highest BCUT2D eigenvalue weighted by Crippen LogP contribution is 2.22. The third-order valence-electron chi connectivity index (χ3n) is 3.06. The molecule has 0 atom stereocenters. The lowest BCUT2D eigenvalue weighted by Gasteiger charge is -2.14. The van der Waals surface area contributed by atoms with Gasteiger partial charge in [-0.25, -0.2) is 4.39 Å². The van der Waals surface area contributed by atoms with Gasteiger partial charge in [0.05, 0.1) is 0 Å². The lowest BCUT2D eigenvalue weighted by atomic mass is 9.92. The van der Waals surface area contributed by atoms with Gasteiger partial charge in [-0.05, 0) is 24.6 Å². The highest BCUT2D eigenvalue weighted by Gasteiger charge is 2.17. The molecule has 0 aliphatic heterocycles. The summed E-state index contributed by atoms with van der Waals surface area (Å²) in [5, 5.41) is 9.57. The Bertz CT molecular complexity index is 641. The van der Waals surface area contributed by atoms with E-state index in [9.17, 15) is 9.18 Å². The second-order valence-electron chi connectivity index (χ2n) is 5.83. The van der Waals surface area contributed by atoms with Crippen LogP contribution in [-0.2, 0) is 5.41 Å². The van der Waals surface area contributed by atoms with Crippen LogP contribution in [0.4, 0.5) is 10.2 Å². The molecule has 1 aromatic carbocycles. The molecule has 106 valence electrons. The molecule has 0 radical (unpaired) electrons. The molecule has 0 aliphatic rings. The van der Waals surface area contributed by atoms with Crippen molar-refractivity contribution < 1.29 is 9.18 Å². The Morgan fingerprint density at radius 1 is 1.30 bits per heavy atom. The standard InChI is InChI=1S/C15H18FN3O/c1-9-5-6-10(7-11(9)16)14(20)17-13-8-12(18-19-13)15(2,3)4/h5-8H,1-4H3,(H2,17,18,19,20). The number of H-pyrrole nitrogens is 1. The molecule has 0 fully saturated rings. The van der Waals surface area contributed by atoms with Gasteiger partial charge in [-0.15, -0.1) is 0 Å². The predicted molar refractivity (Wildman–Crippen MR) is 76.4 cm³/mol. The van der Waals surface area contributed by atoms with Crippen molar-refractivity contribution in [1.29, 1.82) is 0 Å². The maximum absolute atomic E-state index is 13.4. The van der Waals surface area contributed by atoms with Gasteiger partial charge < -0.3 is 5.32 Å². The predicted octanol–water partition coefficient (Wildman–Crippen LogP) is 3.41. The third kappa shape index (κ3) is 3.04. The van der Waals surface area contributed by atoms with Gasteiger partial charge in [0.15, 0.2) is 5.82 Å². The molecule has 0 spiro atoms. The lowest BCUT2D eigenvalue weighted by Crippen LogP contribution is -2.13. The van der Waals surface area contributed by atoms with Crippen LogP contribution in [0.2, 0.25) is 0 Å². The van der Waals surface area contributed by atoms with Gasteiger partial charge in [0.1, 0.15) is 5.82 Å². The number of hydrogen-bond acceptors (Lipinski definition) is 2. The van der Waals surface area contributed by atoms with Gasteiger partial charge in [0.25, 0.3) is 5.91 Å². The molecule has 4 nitrogen and oxygen atoms in total. The number of amides is 1. The van der Waals surface area contributed by atoms with E-state index >= 15 is 0 Å². The fourth-order valence-corrected chi connectivity index (χ4v) is 1.69. The summed E-state index contributed by atoms with van der Waals surface area (Å²) in [6, 6.07) is 6.17. The van der Waals surface area contributed by atoms with E-state index in [-0.39, 0.29) is 16.9 Å². The minimum Gasteiger partial charge on any atom is -0.305 e. The molecule has 2 aromatic rings. The van der Waals surface area contributed by atoms with Gasteiger partial charge >= 0.3 is 0 Å². The fourth-order valence-electron chi connectivity index (χ4n) is 1.69. The Hall–Kier alpha value is -2.17. The first-order valence-corrected chi connectivity index (χ1v) is 6.41. The second kappa shape index (κ2) is 5.07. The molecule has 2 N–H and O–H groups in total.